The number of thiazole rings is 1. The molecule has 0 radical (unpaired) electrons. The van der Waals surface area contributed by atoms with Gasteiger partial charge in [-0.2, -0.15) is 0 Å². The van der Waals surface area contributed by atoms with Crippen LogP contribution in [0.3, 0.4) is 0 Å². The molecule has 0 spiro atoms. The summed E-state index contributed by atoms with van der Waals surface area (Å²) in [7, 11) is 0. The van der Waals surface area contributed by atoms with E-state index in [0.29, 0.717) is 27.2 Å². The van der Waals surface area contributed by atoms with Crippen LogP contribution in [0, 0.1) is 6.92 Å². The van der Waals surface area contributed by atoms with E-state index in [1.54, 1.807) is 18.4 Å². The number of fused-ring (bicyclic) bond motifs is 1. The van der Waals surface area contributed by atoms with Crippen molar-refractivity contribution >= 4 is 23.4 Å². The second kappa shape index (κ2) is 11.0. The van der Waals surface area contributed by atoms with Crippen molar-refractivity contribution in [3.63, 3.8) is 0 Å². The number of rotatable bonds is 7. The Hall–Kier alpha value is -4.23. The first-order chi connectivity index (χ1) is 18.4. The second-order valence-corrected chi connectivity index (χ2v) is 10.1. The van der Waals surface area contributed by atoms with Gasteiger partial charge in [-0.05, 0) is 55.7 Å². The van der Waals surface area contributed by atoms with Crippen LogP contribution in [0.2, 0.25) is 0 Å². The quantitative estimate of drug-likeness (QED) is 0.329. The van der Waals surface area contributed by atoms with Crippen LogP contribution in [0.1, 0.15) is 42.1 Å². The van der Waals surface area contributed by atoms with Gasteiger partial charge >= 0.3 is 5.97 Å². The summed E-state index contributed by atoms with van der Waals surface area (Å²) >= 11 is 1.31. The van der Waals surface area contributed by atoms with Gasteiger partial charge in [-0.3, -0.25) is 9.36 Å². The summed E-state index contributed by atoms with van der Waals surface area (Å²) in [6.07, 6.45) is 1.85. The topological polar surface area (TPSA) is 69.9 Å². The van der Waals surface area contributed by atoms with E-state index in [4.69, 9.17) is 9.47 Å². The highest BCUT2D eigenvalue weighted by atomic mass is 32.1. The highest BCUT2D eigenvalue weighted by Crippen LogP contribution is 2.30. The molecule has 3 aromatic carbocycles. The zero-order valence-corrected chi connectivity index (χ0v) is 22.3. The van der Waals surface area contributed by atoms with Crippen LogP contribution in [-0.2, 0) is 16.1 Å². The van der Waals surface area contributed by atoms with Crippen molar-refractivity contribution in [2.24, 2.45) is 4.99 Å². The molecule has 38 heavy (non-hydrogen) atoms. The van der Waals surface area contributed by atoms with Crippen LogP contribution in [0.5, 0.6) is 5.75 Å². The summed E-state index contributed by atoms with van der Waals surface area (Å²) < 4.78 is 13.4. The molecule has 1 atom stereocenters. The lowest BCUT2D eigenvalue weighted by atomic mass is 9.95. The standard InChI is InChI=1S/C31H28N2O4S/c1-4-36-30(35)27-21(3)32-31-33(28(27)24-14-10-20(2)11-15-24)29(34)26(38-31)18-22-12-16-25(17-13-22)37-19-23-8-6-5-7-9-23/h5-18,28H,4,19H2,1-3H3. The fraction of sp³-hybridized carbons (Fsp3) is 0.194. The summed E-state index contributed by atoms with van der Waals surface area (Å²) in [5, 5.41) is 0. The number of benzene rings is 3. The fourth-order valence-corrected chi connectivity index (χ4v) is 5.45. The van der Waals surface area contributed by atoms with Gasteiger partial charge in [0.2, 0.25) is 0 Å². The summed E-state index contributed by atoms with van der Waals surface area (Å²) in [5.41, 5.74) is 4.64. The van der Waals surface area contributed by atoms with Crippen molar-refractivity contribution in [3.8, 4) is 5.75 Å². The van der Waals surface area contributed by atoms with Gasteiger partial charge < -0.3 is 9.47 Å². The van der Waals surface area contributed by atoms with E-state index in [0.717, 1.165) is 28.0 Å². The summed E-state index contributed by atoms with van der Waals surface area (Å²) in [4.78, 5) is 31.9. The van der Waals surface area contributed by atoms with E-state index >= 15 is 0 Å². The molecule has 5 rings (SSSR count). The van der Waals surface area contributed by atoms with E-state index in [1.807, 2.05) is 91.9 Å². The lowest BCUT2D eigenvalue weighted by Gasteiger charge is -2.24. The van der Waals surface area contributed by atoms with Gasteiger partial charge in [0.15, 0.2) is 4.80 Å². The molecule has 4 aromatic rings. The molecule has 2 heterocycles. The predicted molar refractivity (Wildman–Crippen MR) is 149 cm³/mol. The number of nitrogens with zero attached hydrogens (tertiary/aromatic N) is 2. The average Bonchev–Trinajstić information content (AvgIpc) is 3.22. The van der Waals surface area contributed by atoms with E-state index in [-0.39, 0.29) is 12.2 Å². The third-order valence-electron chi connectivity index (χ3n) is 6.34. The number of carbonyl (C=O) groups is 1. The molecule has 1 aliphatic rings. The van der Waals surface area contributed by atoms with Crippen LogP contribution in [-0.4, -0.2) is 17.1 Å². The van der Waals surface area contributed by atoms with Gasteiger partial charge in [-0.1, -0.05) is 83.6 Å². The van der Waals surface area contributed by atoms with E-state index < -0.39 is 12.0 Å². The van der Waals surface area contributed by atoms with E-state index in [2.05, 4.69) is 4.99 Å². The predicted octanol–water partition coefficient (Wildman–Crippen LogP) is 4.69. The number of esters is 1. The number of aromatic nitrogens is 1. The smallest absolute Gasteiger partial charge is 0.338 e. The SMILES string of the molecule is CCOC(=O)C1=C(C)N=c2sc(=Cc3ccc(OCc4ccccc4)cc3)c(=O)n2C1c1ccc(C)cc1. The van der Waals surface area contributed by atoms with Crippen molar-refractivity contribution in [2.45, 2.75) is 33.4 Å². The third kappa shape index (κ3) is 5.24. The van der Waals surface area contributed by atoms with Crippen LogP contribution < -0.4 is 19.6 Å². The molecular weight excluding hydrogens is 496 g/mol. The van der Waals surface area contributed by atoms with Crippen LogP contribution in [0.4, 0.5) is 0 Å². The number of aryl methyl sites for hydroxylation is 1. The largest absolute Gasteiger partial charge is 0.489 e. The maximum Gasteiger partial charge on any atom is 0.338 e. The molecule has 0 aliphatic carbocycles. The maximum absolute atomic E-state index is 13.7. The molecule has 6 nitrogen and oxygen atoms in total. The number of allylic oxidation sites excluding steroid dienone is 1. The monoisotopic (exact) mass is 524 g/mol. The molecule has 1 unspecified atom stereocenters. The van der Waals surface area contributed by atoms with Crippen molar-refractivity contribution in [2.75, 3.05) is 6.61 Å². The summed E-state index contributed by atoms with van der Waals surface area (Å²) in [6.45, 7) is 6.28. The molecule has 0 saturated carbocycles. The molecule has 0 fully saturated rings. The Bertz CT molecular complexity index is 1670. The minimum Gasteiger partial charge on any atom is -0.489 e. The molecule has 1 aliphatic heterocycles. The first kappa shape index (κ1) is 25.4. The zero-order chi connectivity index (χ0) is 26.6. The first-order valence-corrected chi connectivity index (χ1v) is 13.3. The Balaban J connectivity index is 1.51. The van der Waals surface area contributed by atoms with Crippen molar-refractivity contribution in [3.05, 3.63) is 132 Å². The molecule has 7 heteroatoms. The Morgan fingerprint density at radius 1 is 1.00 bits per heavy atom. The molecule has 1 aromatic heterocycles. The Morgan fingerprint density at radius 3 is 2.39 bits per heavy atom. The van der Waals surface area contributed by atoms with E-state index in [1.165, 1.54) is 11.3 Å². The van der Waals surface area contributed by atoms with Gasteiger partial charge in [0.05, 0.1) is 28.5 Å². The Kier molecular flexibility index (Phi) is 7.38. The van der Waals surface area contributed by atoms with Gasteiger partial charge in [-0.15, -0.1) is 0 Å². The number of carbonyl (C=O) groups excluding carboxylic acids is 1. The van der Waals surface area contributed by atoms with Crippen LogP contribution in [0.15, 0.2) is 99.9 Å². The normalized spacial score (nSPS) is 15.1. The van der Waals surface area contributed by atoms with Gasteiger partial charge in [0, 0.05) is 0 Å². The lowest BCUT2D eigenvalue weighted by molar-refractivity contribution is -0.139. The average molecular weight is 525 g/mol. The number of ether oxygens (including phenoxy) is 2. The van der Waals surface area contributed by atoms with Crippen molar-refractivity contribution < 1.29 is 14.3 Å². The molecule has 0 N–H and O–H groups in total. The highest BCUT2D eigenvalue weighted by Gasteiger charge is 2.33. The molecule has 0 amide bonds. The van der Waals surface area contributed by atoms with Gasteiger partial charge in [0.25, 0.3) is 5.56 Å². The van der Waals surface area contributed by atoms with Crippen LogP contribution >= 0.6 is 11.3 Å². The minimum atomic E-state index is -0.609. The Labute approximate surface area is 224 Å². The second-order valence-electron chi connectivity index (χ2n) is 9.06. The highest BCUT2D eigenvalue weighted by molar-refractivity contribution is 7.07. The molecule has 0 saturated heterocycles. The molecule has 0 bridgehead atoms. The Morgan fingerprint density at radius 2 is 1.71 bits per heavy atom. The number of hydrogen-bond donors (Lipinski definition) is 0. The van der Waals surface area contributed by atoms with Crippen molar-refractivity contribution in [1.29, 1.82) is 0 Å². The number of hydrogen-bond acceptors (Lipinski definition) is 6. The van der Waals surface area contributed by atoms with Crippen LogP contribution in [0.25, 0.3) is 6.08 Å². The maximum atomic E-state index is 13.7. The first-order valence-electron chi connectivity index (χ1n) is 12.5. The molecule has 192 valence electrons. The van der Waals surface area contributed by atoms with Gasteiger partial charge in [-0.25, -0.2) is 9.79 Å². The summed E-state index contributed by atoms with van der Waals surface area (Å²) in [6, 6.07) is 24.9. The zero-order valence-electron chi connectivity index (χ0n) is 21.5. The minimum absolute atomic E-state index is 0.196. The van der Waals surface area contributed by atoms with Crippen molar-refractivity contribution in [1.82, 2.24) is 4.57 Å². The summed E-state index contributed by atoms with van der Waals surface area (Å²) in [5.74, 6) is 0.293. The fourth-order valence-electron chi connectivity index (χ4n) is 4.41. The lowest BCUT2D eigenvalue weighted by Crippen LogP contribution is -2.39. The van der Waals surface area contributed by atoms with Gasteiger partial charge in [0.1, 0.15) is 12.4 Å². The third-order valence-corrected chi connectivity index (χ3v) is 7.32. The molecular formula is C31H28N2O4S. The van der Waals surface area contributed by atoms with E-state index in [9.17, 15) is 9.59 Å².